The molecular formula is C12H26N2. The van der Waals surface area contributed by atoms with Gasteiger partial charge in [-0.3, -0.25) is 4.90 Å². The predicted molar refractivity (Wildman–Crippen MR) is 62.3 cm³/mol. The zero-order valence-electron chi connectivity index (χ0n) is 9.84. The molecule has 1 unspecified atom stereocenters. The van der Waals surface area contributed by atoms with Gasteiger partial charge in [-0.25, -0.2) is 0 Å². The molecule has 2 heteroatoms. The molecule has 2 nitrogen and oxygen atoms in total. The molecule has 0 aromatic heterocycles. The molecule has 1 aliphatic rings. The van der Waals surface area contributed by atoms with Crippen LogP contribution in [0.2, 0.25) is 0 Å². The molecule has 2 N–H and O–H groups in total. The van der Waals surface area contributed by atoms with Gasteiger partial charge in [-0.05, 0) is 38.3 Å². The normalized spacial score (nSPS) is 19.7. The number of hydrogen-bond acceptors (Lipinski definition) is 2. The van der Waals surface area contributed by atoms with Crippen molar-refractivity contribution in [3.63, 3.8) is 0 Å². The molecule has 0 spiro atoms. The van der Waals surface area contributed by atoms with Crippen molar-refractivity contribution in [2.45, 2.75) is 52.0 Å². The van der Waals surface area contributed by atoms with Crippen molar-refractivity contribution in [1.29, 1.82) is 0 Å². The summed E-state index contributed by atoms with van der Waals surface area (Å²) in [6, 6.07) is 0.667. The van der Waals surface area contributed by atoms with E-state index in [4.69, 9.17) is 5.73 Å². The first-order valence-electron chi connectivity index (χ1n) is 6.27. The van der Waals surface area contributed by atoms with Gasteiger partial charge in [0.05, 0.1) is 0 Å². The Kier molecular flexibility index (Phi) is 5.49. The molecule has 0 aromatic carbocycles. The number of hydrogen-bond donors (Lipinski definition) is 1. The SMILES string of the molecule is CCCCN(CC)C(CN)C1CCC1. The average molecular weight is 198 g/mol. The largest absolute Gasteiger partial charge is 0.329 e. The molecular weight excluding hydrogens is 172 g/mol. The molecule has 1 rings (SSSR count). The van der Waals surface area contributed by atoms with Gasteiger partial charge >= 0.3 is 0 Å². The molecule has 14 heavy (non-hydrogen) atoms. The molecule has 1 atom stereocenters. The standard InChI is InChI=1S/C12H26N2/c1-3-5-9-14(4-2)12(10-13)11-7-6-8-11/h11-12H,3-10,13H2,1-2H3. The Morgan fingerprint density at radius 3 is 2.43 bits per heavy atom. The van der Waals surface area contributed by atoms with Crippen LogP contribution in [0.4, 0.5) is 0 Å². The van der Waals surface area contributed by atoms with Crippen LogP contribution in [0.5, 0.6) is 0 Å². The van der Waals surface area contributed by atoms with Gasteiger partial charge in [0, 0.05) is 12.6 Å². The van der Waals surface area contributed by atoms with Crippen LogP contribution in [0.1, 0.15) is 46.0 Å². The first-order valence-corrected chi connectivity index (χ1v) is 6.27. The Balaban J connectivity index is 2.37. The van der Waals surface area contributed by atoms with Crippen LogP contribution in [0.15, 0.2) is 0 Å². The smallest absolute Gasteiger partial charge is 0.0246 e. The topological polar surface area (TPSA) is 29.3 Å². The Morgan fingerprint density at radius 1 is 1.36 bits per heavy atom. The minimum absolute atomic E-state index is 0.667. The monoisotopic (exact) mass is 198 g/mol. The summed E-state index contributed by atoms with van der Waals surface area (Å²) in [5.74, 6) is 0.900. The van der Waals surface area contributed by atoms with Crippen molar-refractivity contribution >= 4 is 0 Å². The van der Waals surface area contributed by atoms with E-state index < -0.39 is 0 Å². The molecule has 0 radical (unpaired) electrons. The van der Waals surface area contributed by atoms with Gasteiger partial charge in [-0.15, -0.1) is 0 Å². The molecule has 0 heterocycles. The highest BCUT2D eigenvalue weighted by molar-refractivity contribution is 4.85. The van der Waals surface area contributed by atoms with Crippen LogP contribution in [-0.4, -0.2) is 30.6 Å². The summed E-state index contributed by atoms with van der Waals surface area (Å²) in [4.78, 5) is 2.59. The maximum absolute atomic E-state index is 5.89. The van der Waals surface area contributed by atoms with Gasteiger partial charge in [0.2, 0.25) is 0 Å². The Morgan fingerprint density at radius 2 is 2.07 bits per heavy atom. The van der Waals surface area contributed by atoms with E-state index in [-0.39, 0.29) is 0 Å². The Hall–Kier alpha value is -0.0800. The van der Waals surface area contributed by atoms with Crippen LogP contribution in [0, 0.1) is 5.92 Å². The number of nitrogens with two attached hydrogens (primary N) is 1. The molecule has 84 valence electrons. The predicted octanol–water partition coefficient (Wildman–Crippen LogP) is 2.24. The first-order chi connectivity index (χ1) is 6.83. The summed E-state index contributed by atoms with van der Waals surface area (Å²) in [6.07, 6.45) is 6.84. The van der Waals surface area contributed by atoms with E-state index >= 15 is 0 Å². The lowest BCUT2D eigenvalue weighted by Gasteiger charge is -2.40. The van der Waals surface area contributed by atoms with Crippen LogP contribution in [-0.2, 0) is 0 Å². The van der Waals surface area contributed by atoms with Gasteiger partial charge in [-0.2, -0.15) is 0 Å². The third kappa shape index (κ3) is 2.96. The summed E-state index contributed by atoms with van der Waals surface area (Å²) < 4.78 is 0. The highest BCUT2D eigenvalue weighted by atomic mass is 15.2. The molecule has 1 aliphatic carbocycles. The third-order valence-corrected chi connectivity index (χ3v) is 3.61. The Bertz CT molecular complexity index is 143. The fourth-order valence-electron chi connectivity index (χ4n) is 2.38. The van der Waals surface area contributed by atoms with Crippen LogP contribution in [0.3, 0.4) is 0 Å². The van der Waals surface area contributed by atoms with Crippen molar-refractivity contribution in [3.05, 3.63) is 0 Å². The quantitative estimate of drug-likeness (QED) is 0.680. The van der Waals surface area contributed by atoms with E-state index in [2.05, 4.69) is 18.7 Å². The lowest BCUT2D eigenvalue weighted by Crippen LogP contribution is -2.48. The van der Waals surface area contributed by atoms with Gasteiger partial charge in [0.15, 0.2) is 0 Å². The fraction of sp³-hybridized carbons (Fsp3) is 1.00. The molecule has 0 aromatic rings. The highest BCUT2D eigenvalue weighted by Crippen LogP contribution is 2.31. The molecule has 0 bridgehead atoms. The first kappa shape index (κ1) is 12.0. The van der Waals surface area contributed by atoms with E-state index in [1.807, 2.05) is 0 Å². The van der Waals surface area contributed by atoms with E-state index in [1.54, 1.807) is 0 Å². The third-order valence-electron chi connectivity index (χ3n) is 3.61. The minimum Gasteiger partial charge on any atom is -0.329 e. The maximum atomic E-state index is 5.89. The fourth-order valence-corrected chi connectivity index (χ4v) is 2.38. The average Bonchev–Trinajstić information content (AvgIpc) is 2.14. The Labute approximate surface area is 88.8 Å². The molecule has 1 fully saturated rings. The maximum Gasteiger partial charge on any atom is 0.0246 e. The summed E-state index contributed by atoms with van der Waals surface area (Å²) in [6.45, 7) is 7.78. The van der Waals surface area contributed by atoms with E-state index in [0.29, 0.717) is 6.04 Å². The van der Waals surface area contributed by atoms with E-state index in [0.717, 1.165) is 12.5 Å². The summed E-state index contributed by atoms with van der Waals surface area (Å²) in [5, 5.41) is 0. The molecule has 0 amide bonds. The van der Waals surface area contributed by atoms with Gasteiger partial charge in [0.25, 0.3) is 0 Å². The van der Waals surface area contributed by atoms with Crippen molar-refractivity contribution in [2.24, 2.45) is 11.7 Å². The summed E-state index contributed by atoms with van der Waals surface area (Å²) in [7, 11) is 0. The van der Waals surface area contributed by atoms with Gasteiger partial charge in [0.1, 0.15) is 0 Å². The van der Waals surface area contributed by atoms with Gasteiger partial charge in [-0.1, -0.05) is 26.7 Å². The van der Waals surface area contributed by atoms with Gasteiger partial charge < -0.3 is 5.73 Å². The number of likely N-dealkylation sites (N-methyl/N-ethyl adjacent to an activating group) is 1. The summed E-state index contributed by atoms with van der Waals surface area (Å²) >= 11 is 0. The van der Waals surface area contributed by atoms with Crippen molar-refractivity contribution in [1.82, 2.24) is 4.90 Å². The zero-order chi connectivity index (χ0) is 10.4. The second kappa shape index (κ2) is 6.41. The molecule has 1 saturated carbocycles. The van der Waals surface area contributed by atoms with Crippen molar-refractivity contribution < 1.29 is 0 Å². The lowest BCUT2D eigenvalue weighted by molar-refractivity contribution is 0.104. The second-order valence-corrected chi connectivity index (χ2v) is 4.48. The zero-order valence-corrected chi connectivity index (χ0v) is 9.84. The van der Waals surface area contributed by atoms with Crippen molar-refractivity contribution in [3.8, 4) is 0 Å². The molecule has 0 aliphatic heterocycles. The van der Waals surface area contributed by atoms with Crippen molar-refractivity contribution in [2.75, 3.05) is 19.6 Å². The highest BCUT2D eigenvalue weighted by Gasteiger charge is 2.29. The van der Waals surface area contributed by atoms with E-state index in [1.165, 1.54) is 45.2 Å². The second-order valence-electron chi connectivity index (χ2n) is 4.48. The summed E-state index contributed by atoms with van der Waals surface area (Å²) in [5.41, 5.74) is 5.89. The number of nitrogens with zero attached hydrogens (tertiary/aromatic N) is 1. The lowest BCUT2D eigenvalue weighted by atomic mass is 9.79. The van der Waals surface area contributed by atoms with Crippen LogP contribution < -0.4 is 5.73 Å². The minimum atomic E-state index is 0.667. The number of rotatable bonds is 7. The molecule has 0 saturated heterocycles. The van der Waals surface area contributed by atoms with Crippen LogP contribution >= 0.6 is 0 Å². The van der Waals surface area contributed by atoms with Crippen LogP contribution in [0.25, 0.3) is 0 Å². The number of unbranched alkanes of at least 4 members (excludes halogenated alkanes) is 1. The van der Waals surface area contributed by atoms with E-state index in [9.17, 15) is 0 Å².